The molecule has 1 N–H and O–H groups in total. The van der Waals surface area contributed by atoms with Crippen LogP contribution in [0, 0.1) is 12.7 Å². The Morgan fingerprint density at radius 2 is 2.12 bits per heavy atom. The molecule has 1 fully saturated rings. The lowest BCUT2D eigenvalue weighted by Gasteiger charge is -2.28. The second-order valence-electron chi connectivity index (χ2n) is 4.44. The Labute approximate surface area is 101 Å². The SMILES string of the molecule is Cc1cc(C(O)CN2CCOCC2)ccc1F. The minimum absolute atomic E-state index is 0.229. The molecule has 1 aromatic carbocycles. The van der Waals surface area contributed by atoms with Crippen molar-refractivity contribution in [3.8, 4) is 0 Å². The van der Waals surface area contributed by atoms with Crippen LogP contribution in [0.4, 0.5) is 4.39 Å². The van der Waals surface area contributed by atoms with E-state index in [1.807, 2.05) is 0 Å². The molecule has 0 amide bonds. The van der Waals surface area contributed by atoms with Gasteiger partial charge in [0, 0.05) is 19.6 Å². The lowest BCUT2D eigenvalue weighted by atomic mass is 10.1. The standard InChI is InChI=1S/C13H18FNO2/c1-10-8-11(2-3-12(10)14)13(16)9-15-4-6-17-7-5-15/h2-3,8,13,16H,4-7,9H2,1H3. The van der Waals surface area contributed by atoms with Gasteiger partial charge in [0.15, 0.2) is 0 Å². The smallest absolute Gasteiger partial charge is 0.126 e. The lowest BCUT2D eigenvalue weighted by molar-refractivity contribution is 0.0143. The predicted molar refractivity (Wildman–Crippen MR) is 63.4 cm³/mol. The van der Waals surface area contributed by atoms with Gasteiger partial charge in [-0.15, -0.1) is 0 Å². The van der Waals surface area contributed by atoms with Crippen molar-refractivity contribution in [3.05, 3.63) is 35.1 Å². The monoisotopic (exact) mass is 239 g/mol. The number of benzene rings is 1. The van der Waals surface area contributed by atoms with E-state index in [4.69, 9.17) is 4.74 Å². The molecule has 1 heterocycles. The van der Waals surface area contributed by atoms with Crippen molar-refractivity contribution in [1.29, 1.82) is 0 Å². The van der Waals surface area contributed by atoms with E-state index in [9.17, 15) is 9.50 Å². The van der Waals surface area contributed by atoms with E-state index < -0.39 is 6.10 Å². The maximum atomic E-state index is 13.1. The third-order valence-electron chi connectivity index (χ3n) is 3.10. The molecule has 1 aromatic rings. The number of hydrogen-bond donors (Lipinski definition) is 1. The number of morpholine rings is 1. The zero-order chi connectivity index (χ0) is 12.3. The van der Waals surface area contributed by atoms with E-state index in [1.165, 1.54) is 6.07 Å². The van der Waals surface area contributed by atoms with Crippen molar-refractivity contribution in [2.24, 2.45) is 0 Å². The van der Waals surface area contributed by atoms with Gasteiger partial charge in [0.05, 0.1) is 19.3 Å². The van der Waals surface area contributed by atoms with Crippen LogP contribution in [-0.4, -0.2) is 42.9 Å². The highest BCUT2D eigenvalue weighted by Gasteiger charge is 2.16. The molecule has 2 rings (SSSR count). The van der Waals surface area contributed by atoms with Gasteiger partial charge in [-0.2, -0.15) is 0 Å². The molecule has 0 bridgehead atoms. The summed E-state index contributed by atoms with van der Waals surface area (Å²) < 4.78 is 18.4. The van der Waals surface area contributed by atoms with Crippen molar-refractivity contribution in [1.82, 2.24) is 4.90 Å². The largest absolute Gasteiger partial charge is 0.387 e. The first-order valence-electron chi connectivity index (χ1n) is 5.91. The number of halogens is 1. The Bertz CT molecular complexity index is 378. The van der Waals surface area contributed by atoms with Crippen LogP contribution in [0.5, 0.6) is 0 Å². The van der Waals surface area contributed by atoms with Gasteiger partial charge in [0.25, 0.3) is 0 Å². The number of hydrogen-bond acceptors (Lipinski definition) is 3. The maximum Gasteiger partial charge on any atom is 0.126 e. The number of rotatable bonds is 3. The molecule has 0 aromatic heterocycles. The fourth-order valence-corrected chi connectivity index (χ4v) is 2.01. The van der Waals surface area contributed by atoms with E-state index in [-0.39, 0.29) is 5.82 Å². The Morgan fingerprint density at radius 1 is 1.41 bits per heavy atom. The van der Waals surface area contributed by atoms with Crippen LogP contribution in [0.15, 0.2) is 18.2 Å². The van der Waals surface area contributed by atoms with E-state index in [0.29, 0.717) is 12.1 Å². The maximum absolute atomic E-state index is 13.1. The number of β-amino-alcohol motifs (C(OH)–C–C–N with tert-alkyl or cyclic N) is 1. The summed E-state index contributed by atoms with van der Waals surface area (Å²) in [5.41, 5.74) is 1.35. The first-order chi connectivity index (χ1) is 8.16. The molecule has 1 aliphatic heterocycles. The minimum atomic E-state index is -0.563. The zero-order valence-corrected chi connectivity index (χ0v) is 10.0. The number of ether oxygens (including phenoxy) is 1. The second-order valence-corrected chi connectivity index (χ2v) is 4.44. The number of nitrogens with zero attached hydrogens (tertiary/aromatic N) is 1. The fourth-order valence-electron chi connectivity index (χ4n) is 2.01. The minimum Gasteiger partial charge on any atom is -0.387 e. The van der Waals surface area contributed by atoms with E-state index in [2.05, 4.69) is 4.90 Å². The van der Waals surface area contributed by atoms with Gasteiger partial charge in [0.2, 0.25) is 0 Å². The molecule has 1 unspecified atom stereocenters. The summed E-state index contributed by atoms with van der Waals surface area (Å²) in [7, 11) is 0. The van der Waals surface area contributed by atoms with Crippen LogP contribution < -0.4 is 0 Å². The number of aliphatic hydroxyl groups excluding tert-OH is 1. The molecule has 4 heteroatoms. The molecule has 0 spiro atoms. The van der Waals surface area contributed by atoms with Gasteiger partial charge in [-0.05, 0) is 24.1 Å². The predicted octanol–water partition coefficient (Wildman–Crippen LogP) is 1.50. The summed E-state index contributed by atoms with van der Waals surface area (Å²) in [5, 5.41) is 10.1. The van der Waals surface area contributed by atoms with Gasteiger partial charge < -0.3 is 9.84 Å². The summed E-state index contributed by atoms with van der Waals surface area (Å²) >= 11 is 0. The number of aliphatic hydroxyl groups is 1. The highest BCUT2D eigenvalue weighted by molar-refractivity contribution is 5.25. The quantitative estimate of drug-likeness (QED) is 0.867. The Morgan fingerprint density at radius 3 is 2.76 bits per heavy atom. The summed E-state index contributed by atoms with van der Waals surface area (Å²) in [6, 6.07) is 4.76. The van der Waals surface area contributed by atoms with Crippen LogP contribution in [0.3, 0.4) is 0 Å². The van der Waals surface area contributed by atoms with Gasteiger partial charge in [-0.3, -0.25) is 4.90 Å². The lowest BCUT2D eigenvalue weighted by Crippen LogP contribution is -2.38. The molecule has 1 atom stereocenters. The zero-order valence-electron chi connectivity index (χ0n) is 10.0. The van der Waals surface area contributed by atoms with Crippen LogP contribution in [0.2, 0.25) is 0 Å². The van der Waals surface area contributed by atoms with Gasteiger partial charge in [0.1, 0.15) is 5.82 Å². The van der Waals surface area contributed by atoms with Gasteiger partial charge in [-0.25, -0.2) is 4.39 Å². The fraction of sp³-hybridized carbons (Fsp3) is 0.538. The van der Waals surface area contributed by atoms with E-state index in [0.717, 1.165) is 31.9 Å². The summed E-state index contributed by atoms with van der Waals surface area (Å²) in [6.07, 6.45) is -0.563. The average Bonchev–Trinajstić information content (AvgIpc) is 2.34. The molecule has 1 aliphatic rings. The Hall–Kier alpha value is -0.970. The van der Waals surface area contributed by atoms with Crippen LogP contribution in [0.1, 0.15) is 17.2 Å². The normalized spacial score (nSPS) is 19.2. The Balaban J connectivity index is 1.98. The first-order valence-corrected chi connectivity index (χ1v) is 5.91. The average molecular weight is 239 g/mol. The van der Waals surface area contributed by atoms with Gasteiger partial charge >= 0.3 is 0 Å². The van der Waals surface area contributed by atoms with Gasteiger partial charge in [-0.1, -0.05) is 12.1 Å². The van der Waals surface area contributed by atoms with E-state index in [1.54, 1.807) is 19.1 Å². The molecule has 17 heavy (non-hydrogen) atoms. The molecule has 94 valence electrons. The molecule has 0 radical (unpaired) electrons. The molecule has 3 nitrogen and oxygen atoms in total. The van der Waals surface area contributed by atoms with Crippen molar-refractivity contribution >= 4 is 0 Å². The van der Waals surface area contributed by atoms with Crippen molar-refractivity contribution in [3.63, 3.8) is 0 Å². The second kappa shape index (κ2) is 5.58. The number of aryl methyl sites for hydroxylation is 1. The summed E-state index contributed by atoms with van der Waals surface area (Å²) in [6.45, 7) is 5.41. The molecule has 1 saturated heterocycles. The highest BCUT2D eigenvalue weighted by atomic mass is 19.1. The summed E-state index contributed by atoms with van der Waals surface area (Å²) in [4.78, 5) is 2.16. The summed E-state index contributed by atoms with van der Waals surface area (Å²) in [5.74, 6) is -0.229. The molecular formula is C13H18FNO2. The Kier molecular flexibility index (Phi) is 4.10. The van der Waals surface area contributed by atoms with Crippen molar-refractivity contribution in [2.45, 2.75) is 13.0 Å². The van der Waals surface area contributed by atoms with Crippen LogP contribution in [0.25, 0.3) is 0 Å². The van der Waals surface area contributed by atoms with Crippen LogP contribution >= 0.6 is 0 Å². The third kappa shape index (κ3) is 3.25. The molecular weight excluding hydrogens is 221 g/mol. The van der Waals surface area contributed by atoms with Crippen LogP contribution in [-0.2, 0) is 4.74 Å². The first kappa shape index (κ1) is 12.5. The molecule has 0 aliphatic carbocycles. The van der Waals surface area contributed by atoms with E-state index >= 15 is 0 Å². The third-order valence-corrected chi connectivity index (χ3v) is 3.10. The molecule has 0 saturated carbocycles. The topological polar surface area (TPSA) is 32.7 Å². The van der Waals surface area contributed by atoms with Crippen molar-refractivity contribution < 1.29 is 14.2 Å². The highest BCUT2D eigenvalue weighted by Crippen LogP contribution is 2.18. The van der Waals surface area contributed by atoms with Crippen molar-refractivity contribution in [2.75, 3.05) is 32.8 Å².